The van der Waals surface area contributed by atoms with Crippen LogP contribution in [0.1, 0.15) is 21.5 Å². The summed E-state index contributed by atoms with van der Waals surface area (Å²) in [7, 11) is 5.03. The monoisotopic (exact) mass is 482 g/mol. The molecule has 0 fully saturated rings. The second-order valence-corrected chi connectivity index (χ2v) is 5.73. The van der Waals surface area contributed by atoms with Crippen molar-refractivity contribution in [1.82, 2.24) is 16.0 Å². The summed E-state index contributed by atoms with van der Waals surface area (Å²) in [6.07, 6.45) is 0.886. The number of halogens is 1. The number of guanidine groups is 1. The molecule has 146 valence electrons. The van der Waals surface area contributed by atoms with Crippen LogP contribution in [-0.4, -0.2) is 39.6 Å². The highest BCUT2D eigenvalue weighted by molar-refractivity contribution is 14.0. The van der Waals surface area contributed by atoms with Crippen LogP contribution in [0.15, 0.2) is 53.5 Å². The third-order valence-corrected chi connectivity index (χ3v) is 3.96. The summed E-state index contributed by atoms with van der Waals surface area (Å²) in [6.45, 7) is 1.36. The van der Waals surface area contributed by atoms with E-state index >= 15 is 0 Å². The molecule has 7 heteroatoms. The highest BCUT2D eigenvalue weighted by Crippen LogP contribution is 2.11. The van der Waals surface area contributed by atoms with Gasteiger partial charge in [0.2, 0.25) is 0 Å². The number of hydrogen-bond acceptors (Lipinski definition) is 3. The van der Waals surface area contributed by atoms with Crippen LogP contribution in [0.2, 0.25) is 0 Å². The maximum atomic E-state index is 11.7. The van der Waals surface area contributed by atoms with Crippen LogP contribution in [0.25, 0.3) is 0 Å². The molecule has 0 aliphatic heterocycles. The van der Waals surface area contributed by atoms with Crippen LogP contribution < -0.4 is 20.7 Å². The van der Waals surface area contributed by atoms with E-state index in [1.54, 1.807) is 27.3 Å². The smallest absolute Gasteiger partial charge is 0.251 e. The Kier molecular flexibility index (Phi) is 10.2. The zero-order valence-electron chi connectivity index (χ0n) is 15.9. The Morgan fingerprint density at radius 1 is 1.07 bits per heavy atom. The van der Waals surface area contributed by atoms with Crippen molar-refractivity contribution >= 4 is 35.8 Å². The summed E-state index contributed by atoms with van der Waals surface area (Å²) >= 11 is 0. The molecule has 0 heterocycles. The lowest BCUT2D eigenvalue weighted by molar-refractivity contribution is 0.0963. The van der Waals surface area contributed by atoms with E-state index in [0.29, 0.717) is 12.1 Å². The Labute approximate surface area is 177 Å². The number of hydrogen-bond donors (Lipinski definition) is 3. The molecule has 0 spiro atoms. The minimum Gasteiger partial charge on any atom is -0.497 e. The van der Waals surface area contributed by atoms with Gasteiger partial charge in [-0.1, -0.05) is 24.3 Å². The van der Waals surface area contributed by atoms with Gasteiger partial charge in [-0.05, 0) is 41.8 Å². The number of aliphatic imine (C=N–C) groups is 1. The fraction of sp³-hybridized carbons (Fsp3) is 0.300. The second kappa shape index (κ2) is 12.2. The van der Waals surface area contributed by atoms with Crippen molar-refractivity contribution in [3.63, 3.8) is 0 Å². The van der Waals surface area contributed by atoms with Crippen LogP contribution >= 0.6 is 24.0 Å². The number of methoxy groups -OCH3 is 1. The highest BCUT2D eigenvalue weighted by Gasteiger charge is 2.04. The second-order valence-electron chi connectivity index (χ2n) is 5.73. The Balaban J connectivity index is 0.00000364. The molecule has 1 amide bonds. The standard InChI is InChI=1S/C20H26N4O2.HI/c1-21-19(25)17-6-4-5-16(13-17)14-24-20(22-2)23-12-11-15-7-9-18(26-3)10-8-15;/h4-10,13H,11-12,14H2,1-3H3,(H,21,25)(H2,22,23,24);1H. The van der Waals surface area contributed by atoms with Crippen molar-refractivity contribution in [2.75, 3.05) is 27.7 Å². The number of ether oxygens (including phenoxy) is 1. The molecule has 6 nitrogen and oxygen atoms in total. The number of rotatable bonds is 7. The van der Waals surface area contributed by atoms with Gasteiger partial charge < -0.3 is 20.7 Å². The first-order valence-corrected chi connectivity index (χ1v) is 8.54. The lowest BCUT2D eigenvalue weighted by atomic mass is 10.1. The molecule has 0 saturated heterocycles. The summed E-state index contributed by atoms with van der Waals surface area (Å²) in [5.41, 5.74) is 2.89. The number of nitrogens with one attached hydrogen (secondary N) is 3. The third kappa shape index (κ3) is 7.46. The zero-order valence-corrected chi connectivity index (χ0v) is 18.2. The molecule has 0 bridgehead atoms. The lowest BCUT2D eigenvalue weighted by Crippen LogP contribution is -2.37. The summed E-state index contributed by atoms with van der Waals surface area (Å²) in [5, 5.41) is 9.19. The Morgan fingerprint density at radius 3 is 2.44 bits per heavy atom. The Hall–Kier alpha value is -2.29. The summed E-state index contributed by atoms with van der Waals surface area (Å²) in [6, 6.07) is 15.6. The third-order valence-electron chi connectivity index (χ3n) is 3.96. The molecule has 27 heavy (non-hydrogen) atoms. The van der Waals surface area contributed by atoms with E-state index < -0.39 is 0 Å². The molecule has 2 aromatic carbocycles. The highest BCUT2D eigenvalue weighted by atomic mass is 127. The molecule has 2 rings (SSSR count). The van der Waals surface area contributed by atoms with E-state index in [2.05, 4.69) is 33.1 Å². The predicted molar refractivity (Wildman–Crippen MR) is 120 cm³/mol. The first kappa shape index (κ1) is 22.8. The van der Waals surface area contributed by atoms with Gasteiger partial charge in [-0.2, -0.15) is 0 Å². The zero-order chi connectivity index (χ0) is 18.8. The fourth-order valence-corrected chi connectivity index (χ4v) is 2.49. The maximum Gasteiger partial charge on any atom is 0.251 e. The van der Waals surface area contributed by atoms with Crippen molar-refractivity contribution in [3.05, 3.63) is 65.2 Å². The molecule has 3 N–H and O–H groups in total. The Bertz CT molecular complexity index is 748. The van der Waals surface area contributed by atoms with Crippen molar-refractivity contribution < 1.29 is 9.53 Å². The van der Waals surface area contributed by atoms with Crippen LogP contribution in [0, 0.1) is 0 Å². The van der Waals surface area contributed by atoms with Crippen molar-refractivity contribution in [2.24, 2.45) is 4.99 Å². The molecule has 0 unspecified atom stereocenters. The van der Waals surface area contributed by atoms with Gasteiger partial charge >= 0.3 is 0 Å². The SMILES string of the molecule is CN=C(NCCc1ccc(OC)cc1)NCc1cccc(C(=O)NC)c1.I. The minimum absolute atomic E-state index is 0. The quantitative estimate of drug-likeness (QED) is 0.322. The summed E-state index contributed by atoms with van der Waals surface area (Å²) in [4.78, 5) is 15.9. The van der Waals surface area contributed by atoms with E-state index in [4.69, 9.17) is 4.74 Å². The van der Waals surface area contributed by atoms with Crippen LogP contribution in [0.4, 0.5) is 0 Å². The van der Waals surface area contributed by atoms with Crippen molar-refractivity contribution in [1.29, 1.82) is 0 Å². The number of carbonyl (C=O) groups is 1. The summed E-state index contributed by atoms with van der Waals surface area (Å²) in [5.74, 6) is 1.50. The van der Waals surface area contributed by atoms with E-state index in [1.165, 1.54) is 5.56 Å². The van der Waals surface area contributed by atoms with Crippen LogP contribution in [0.5, 0.6) is 5.75 Å². The predicted octanol–water partition coefficient (Wildman–Crippen LogP) is 2.58. The molecule has 0 radical (unpaired) electrons. The molecular formula is C20H27IN4O2. The van der Waals surface area contributed by atoms with Crippen molar-refractivity contribution in [3.8, 4) is 5.75 Å². The molecule has 0 aliphatic carbocycles. The topological polar surface area (TPSA) is 74.8 Å². The lowest BCUT2D eigenvalue weighted by Gasteiger charge is -2.12. The normalized spacial score (nSPS) is 10.6. The molecular weight excluding hydrogens is 455 g/mol. The molecule has 0 saturated carbocycles. The molecule has 0 aromatic heterocycles. The number of nitrogens with zero attached hydrogens (tertiary/aromatic N) is 1. The number of benzene rings is 2. The van der Waals surface area contributed by atoms with Gasteiger partial charge in [0.25, 0.3) is 5.91 Å². The van der Waals surface area contributed by atoms with E-state index in [-0.39, 0.29) is 29.9 Å². The van der Waals surface area contributed by atoms with Crippen LogP contribution in [-0.2, 0) is 13.0 Å². The van der Waals surface area contributed by atoms with Gasteiger partial charge in [0.05, 0.1) is 7.11 Å². The Morgan fingerprint density at radius 2 is 1.81 bits per heavy atom. The van der Waals surface area contributed by atoms with E-state index in [0.717, 1.165) is 30.2 Å². The van der Waals surface area contributed by atoms with Gasteiger partial charge in [0, 0.05) is 32.7 Å². The van der Waals surface area contributed by atoms with Gasteiger partial charge in [-0.3, -0.25) is 9.79 Å². The summed E-state index contributed by atoms with van der Waals surface area (Å²) < 4.78 is 5.16. The molecule has 2 aromatic rings. The fourth-order valence-electron chi connectivity index (χ4n) is 2.49. The van der Waals surface area contributed by atoms with Gasteiger partial charge in [-0.15, -0.1) is 24.0 Å². The minimum atomic E-state index is -0.0890. The largest absolute Gasteiger partial charge is 0.497 e. The molecule has 0 aliphatic rings. The van der Waals surface area contributed by atoms with Gasteiger partial charge in [0.1, 0.15) is 5.75 Å². The average molecular weight is 482 g/mol. The van der Waals surface area contributed by atoms with Crippen molar-refractivity contribution in [2.45, 2.75) is 13.0 Å². The van der Waals surface area contributed by atoms with Crippen LogP contribution in [0.3, 0.4) is 0 Å². The van der Waals surface area contributed by atoms with E-state index in [1.807, 2.05) is 30.3 Å². The van der Waals surface area contributed by atoms with Gasteiger partial charge in [0.15, 0.2) is 5.96 Å². The maximum absolute atomic E-state index is 11.7. The molecule has 0 atom stereocenters. The van der Waals surface area contributed by atoms with Gasteiger partial charge in [-0.25, -0.2) is 0 Å². The number of carbonyl (C=O) groups excluding carboxylic acids is 1. The number of amides is 1. The van der Waals surface area contributed by atoms with E-state index in [9.17, 15) is 4.79 Å². The average Bonchev–Trinajstić information content (AvgIpc) is 2.70. The first-order chi connectivity index (χ1) is 12.7. The first-order valence-electron chi connectivity index (χ1n) is 8.54.